The number of aromatic nitrogens is 6. The molecule has 0 unspecified atom stereocenters. The lowest BCUT2D eigenvalue weighted by Crippen LogP contribution is -2.25. The number of hydrogen-bond acceptors (Lipinski definition) is 7. The largest absolute Gasteiger partial charge is 0.312 e. The standard InChI is InChI=1S/C18H20N8O.ClH/c1-11(2)26-17(23-24-25-26)14-4-3-5-16(21-14)22-18(27)15-8-13-9-19-7-6-12(13)10-20-15;/h3-5,8,10-11,19H,6-7,9H2,1-2H3,(H,21,22,27);1H. The molecular formula is C18H21ClN8O. The summed E-state index contributed by atoms with van der Waals surface area (Å²) in [5.74, 6) is 0.684. The molecular weight excluding hydrogens is 380 g/mol. The molecule has 0 radical (unpaired) electrons. The second-order valence-corrected chi connectivity index (χ2v) is 6.67. The van der Waals surface area contributed by atoms with Crippen LogP contribution in [0.5, 0.6) is 0 Å². The van der Waals surface area contributed by atoms with Gasteiger partial charge in [-0.1, -0.05) is 6.07 Å². The number of carbonyl (C=O) groups is 1. The van der Waals surface area contributed by atoms with E-state index in [9.17, 15) is 4.79 Å². The SMILES string of the molecule is CC(C)n1nnnc1-c1cccc(NC(=O)c2cc3c(cn2)CCNC3)n1.Cl. The van der Waals surface area contributed by atoms with E-state index in [1.165, 1.54) is 5.56 Å². The number of amides is 1. The molecule has 3 aromatic heterocycles. The third kappa shape index (κ3) is 4.00. The summed E-state index contributed by atoms with van der Waals surface area (Å²) in [6.07, 6.45) is 2.71. The number of nitrogens with zero attached hydrogens (tertiary/aromatic N) is 6. The number of carbonyl (C=O) groups excluding carboxylic acids is 1. The van der Waals surface area contributed by atoms with Gasteiger partial charge in [0.05, 0.1) is 6.04 Å². The van der Waals surface area contributed by atoms with Gasteiger partial charge in [-0.15, -0.1) is 17.5 Å². The van der Waals surface area contributed by atoms with Crippen LogP contribution in [0, 0.1) is 0 Å². The summed E-state index contributed by atoms with van der Waals surface area (Å²) < 4.78 is 1.69. The van der Waals surface area contributed by atoms with Gasteiger partial charge in [0.25, 0.3) is 5.91 Å². The third-order valence-electron chi connectivity index (χ3n) is 4.40. The molecule has 1 amide bonds. The lowest BCUT2D eigenvalue weighted by Gasteiger charge is -2.17. The number of fused-ring (bicyclic) bond motifs is 1. The molecule has 0 bridgehead atoms. The van der Waals surface area contributed by atoms with E-state index in [0.29, 0.717) is 23.0 Å². The van der Waals surface area contributed by atoms with Crippen LogP contribution < -0.4 is 10.6 Å². The summed E-state index contributed by atoms with van der Waals surface area (Å²) in [5, 5.41) is 17.9. The number of halogens is 1. The molecule has 0 spiro atoms. The fraction of sp³-hybridized carbons (Fsp3) is 0.333. The van der Waals surface area contributed by atoms with Crippen LogP contribution >= 0.6 is 12.4 Å². The molecule has 4 rings (SSSR count). The lowest BCUT2D eigenvalue weighted by molar-refractivity contribution is 0.102. The van der Waals surface area contributed by atoms with Crippen molar-refractivity contribution in [3.8, 4) is 11.5 Å². The molecule has 10 heteroatoms. The van der Waals surface area contributed by atoms with Gasteiger partial charge in [-0.05, 0) is 66.6 Å². The fourth-order valence-electron chi connectivity index (χ4n) is 3.00. The van der Waals surface area contributed by atoms with Crippen LogP contribution in [0.1, 0.15) is 41.5 Å². The Morgan fingerprint density at radius 3 is 2.96 bits per heavy atom. The molecule has 9 nitrogen and oxygen atoms in total. The summed E-state index contributed by atoms with van der Waals surface area (Å²) in [5.41, 5.74) is 3.26. The minimum absolute atomic E-state index is 0. The number of pyridine rings is 2. The normalized spacial score (nSPS) is 13.0. The average Bonchev–Trinajstić information content (AvgIpc) is 3.18. The maximum absolute atomic E-state index is 12.6. The van der Waals surface area contributed by atoms with Gasteiger partial charge in [0, 0.05) is 12.7 Å². The highest BCUT2D eigenvalue weighted by atomic mass is 35.5. The quantitative estimate of drug-likeness (QED) is 0.689. The lowest BCUT2D eigenvalue weighted by atomic mass is 10.0. The Morgan fingerprint density at radius 2 is 2.14 bits per heavy atom. The number of hydrogen-bond donors (Lipinski definition) is 2. The Bertz CT molecular complexity index is 987. The monoisotopic (exact) mass is 400 g/mol. The molecule has 0 saturated carbocycles. The zero-order valence-corrected chi connectivity index (χ0v) is 16.4. The van der Waals surface area contributed by atoms with Gasteiger partial charge in [-0.25, -0.2) is 9.67 Å². The Balaban J connectivity index is 0.00000225. The van der Waals surface area contributed by atoms with Crippen LogP contribution in [0.3, 0.4) is 0 Å². The highest BCUT2D eigenvalue weighted by Gasteiger charge is 2.16. The summed E-state index contributed by atoms with van der Waals surface area (Å²) in [7, 11) is 0. The van der Waals surface area contributed by atoms with Crippen molar-refractivity contribution in [2.24, 2.45) is 0 Å². The molecule has 28 heavy (non-hydrogen) atoms. The van der Waals surface area contributed by atoms with E-state index in [4.69, 9.17) is 0 Å². The zero-order valence-electron chi connectivity index (χ0n) is 15.6. The van der Waals surface area contributed by atoms with Gasteiger partial charge in [-0.2, -0.15) is 0 Å². The molecule has 0 fully saturated rings. The van der Waals surface area contributed by atoms with E-state index in [1.54, 1.807) is 16.9 Å². The summed E-state index contributed by atoms with van der Waals surface area (Å²) in [4.78, 5) is 21.4. The Hall–Kier alpha value is -2.91. The molecule has 0 aliphatic carbocycles. The van der Waals surface area contributed by atoms with Crippen LogP contribution in [0.25, 0.3) is 11.5 Å². The zero-order chi connectivity index (χ0) is 18.8. The van der Waals surface area contributed by atoms with E-state index < -0.39 is 0 Å². The van der Waals surface area contributed by atoms with Gasteiger partial charge in [0.2, 0.25) is 5.82 Å². The van der Waals surface area contributed by atoms with E-state index in [1.807, 2.05) is 32.0 Å². The average molecular weight is 401 g/mol. The molecule has 1 aliphatic rings. The number of nitrogens with one attached hydrogen (secondary N) is 2. The minimum atomic E-state index is -0.295. The van der Waals surface area contributed by atoms with Crippen molar-refractivity contribution in [3.05, 3.63) is 47.3 Å². The maximum atomic E-state index is 12.6. The van der Waals surface area contributed by atoms with Crippen molar-refractivity contribution < 1.29 is 4.79 Å². The maximum Gasteiger partial charge on any atom is 0.275 e. The molecule has 0 aromatic carbocycles. The van der Waals surface area contributed by atoms with Gasteiger partial charge in [0.1, 0.15) is 17.2 Å². The molecule has 0 atom stereocenters. The molecule has 4 heterocycles. The van der Waals surface area contributed by atoms with E-state index in [2.05, 4.69) is 36.1 Å². The number of anilines is 1. The topological polar surface area (TPSA) is 111 Å². The third-order valence-corrected chi connectivity index (χ3v) is 4.40. The Morgan fingerprint density at radius 1 is 1.29 bits per heavy atom. The summed E-state index contributed by atoms with van der Waals surface area (Å²) in [6, 6.07) is 7.28. The van der Waals surface area contributed by atoms with Crippen LogP contribution in [-0.2, 0) is 13.0 Å². The van der Waals surface area contributed by atoms with Gasteiger partial charge >= 0.3 is 0 Å². The van der Waals surface area contributed by atoms with Crippen molar-refractivity contribution in [3.63, 3.8) is 0 Å². The Labute approximate surface area is 168 Å². The van der Waals surface area contributed by atoms with Crippen LogP contribution in [-0.4, -0.2) is 42.6 Å². The molecule has 3 aromatic rings. The van der Waals surface area contributed by atoms with Crippen molar-refractivity contribution in [2.75, 3.05) is 11.9 Å². The van der Waals surface area contributed by atoms with E-state index in [-0.39, 0.29) is 24.4 Å². The van der Waals surface area contributed by atoms with Crippen molar-refractivity contribution >= 4 is 24.1 Å². The first kappa shape index (κ1) is 19.8. The van der Waals surface area contributed by atoms with Gasteiger partial charge < -0.3 is 10.6 Å². The predicted molar refractivity (Wildman–Crippen MR) is 106 cm³/mol. The molecule has 2 N–H and O–H groups in total. The van der Waals surface area contributed by atoms with Gasteiger partial charge in [-0.3, -0.25) is 9.78 Å². The minimum Gasteiger partial charge on any atom is -0.312 e. The molecule has 146 valence electrons. The van der Waals surface area contributed by atoms with Crippen molar-refractivity contribution in [2.45, 2.75) is 32.9 Å². The van der Waals surface area contributed by atoms with Gasteiger partial charge in [0.15, 0.2) is 0 Å². The van der Waals surface area contributed by atoms with E-state index in [0.717, 1.165) is 25.1 Å². The molecule has 1 aliphatic heterocycles. The van der Waals surface area contributed by atoms with Crippen molar-refractivity contribution in [1.82, 2.24) is 35.5 Å². The highest BCUT2D eigenvalue weighted by Crippen LogP contribution is 2.19. The molecule has 0 saturated heterocycles. The predicted octanol–water partition coefficient (Wildman–Crippen LogP) is 2.03. The Kier molecular flexibility index (Phi) is 5.96. The second kappa shape index (κ2) is 8.41. The van der Waals surface area contributed by atoms with Crippen molar-refractivity contribution in [1.29, 1.82) is 0 Å². The van der Waals surface area contributed by atoms with Crippen LogP contribution in [0.4, 0.5) is 5.82 Å². The van der Waals surface area contributed by atoms with Crippen LogP contribution in [0.2, 0.25) is 0 Å². The highest BCUT2D eigenvalue weighted by molar-refractivity contribution is 6.02. The summed E-state index contributed by atoms with van der Waals surface area (Å²) >= 11 is 0. The first-order chi connectivity index (χ1) is 13.1. The second-order valence-electron chi connectivity index (χ2n) is 6.67. The van der Waals surface area contributed by atoms with Crippen LogP contribution in [0.15, 0.2) is 30.5 Å². The number of tetrazole rings is 1. The smallest absolute Gasteiger partial charge is 0.275 e. The summed E-state index contributed by atoms with van der Waals surface area (Å²) in [6.45, 7) is 5.67. The number of rotatable bonds is 4. The fourth-order valence-corrected chi connectivity index (χ4v) is 3.00. The first-order valence-corrected chi connectivity index (χ1v) is 8.87. The first-order valence-electron chi connectivity index (χ1n) is 8.87. The van der Waals surface area contributed by atoms with E-state index >= 15 is 0 Å².